The Kier molecular flexibility index (Phi) is 3.66. The maximum atomic E-state index is 10.9. The number of aryl methyl sites for hydroxylation is 1. The monoisotopic (exact) mass is 208 g/mol. The van der Waals surface area contributed by atoms with Crippen molar-refractivity contribution >= 4 is 11.9 Å². The smallest absolute Gasteiger partial charge is 0.412 e. The van der Waals surface area contributed by atoms with Crippen molar-refractivity contribution in [2.45, 2.75) is 26.7 Å². The molecule has 0 aliphatic heterocycles. The van der Waals surface area contributed by atoms with Gasteiger partial charge in [-0.05, 0) is 24.5 Å². The largest absolute Gasteiger partial charge is 0.453 e. The summed E-state index contributed by atoms with van der Waals surface area (Å²) in [6, 6.07) is 3.75. The predicted octanol–water partition coefficient (Wildman–Crippen LogP) is 2.69. The van der Waals surface area contributed by atoms with Crippen LogP contribution >= 0.6 is 0 Å². The maximum absolute atomic E-state index is 10.9. The summed E-state index contributed by atoms with van der Waals surface area (Å²) in [5, 5.41) is 2.53. The van der Waals surface area contributed by atoms with Gasteiger partial charge in [-0.25, -0.2) is 9.78 Å². The number of carbonyl (C=O) groups excluding carboxylic acids is 1. The molecule has 0 bridgehead atoms. The summed E-state index contributed by atoms with van der Waals surface area (Å²) in [7, 11) is 1.32. The number of anilines is 1. The highest BCUT2D eigenvalue weighted by molar-refractivity contribution is 5.83. The van der Waals surface area contributed by atoms with Crippen LogP contribution in [0.15, 0.2) is 12.1 Å². The molecule has 0 spiro atoms. The molecule has 4 nitrogen and oxygen atoms in total. The maximum Gasteiger partial charge on any atom is 0.412 e. The number of nitrogens with zero attached hydrogens (tertiary/aromatic N) is 1. The van der Waals surface area contributed by atoms with Crippen molar-refractivity contribution in [2.75, 3.05) is 12.4 Å². The van der Waals surface area contributed by atoms with E-state index in [1.807, 2.05) is 13.0 Å². The molecule has 0 fully saturated rings. The zero-order valence-corrected chi connectivity index (χ0v) is 9.50. The number of methoxy groups -OCH3 is 1. The molecule has 1 N–H and O–H groups in total. The minimum atomic E-state index is -0.501. The predicted molar refractivity (Wildman–Crippen MR) is 59.1 cm³/mol. The van der Waals surface area contributed by atoms with Gasteiger partial charge in [0.25, 0.3) is 0 Å². The first-order valence-corrected chi connectivity index (χ1v) is 4.87. The molecule has 0 atom stereocenters. The third-order valence-corrected chi connectivity index (χ3v) is 2.16. The molecule has 1 heterocycles. The van der Waals surface area contributed by atoms with Crippen molar-refractivity contribution in [3.63, 3.8) is 0 Å². The van der Waals surface area contributed by atoms with E-state index in [4.69, 9.17) is 0 Å². The number of carbonyl (C=O) groups is 1. The van der Waals surface area contributed by atoms with Crippen molar-refractivity contribution in [3.05, 3.63) is 23.4 Å². The van der Waals surface area contributed by atoms with Gasteiger partial charge in [0.15, 0.2) is 0 Å². The first-order valence-electron chi connectivity index (χ1n) is 4.87. The van der Waals surface area contributed by atoms with Gasteiger partial charge in [0.2, 0.25) is 0 Å². The Labute approximate surface area is 89.7 Å². The number of nitrogens with one attached hydrogen (secondary N) is 1. The van der Waals surface area contributed by atoms with E-state index in [-0.39, 0.29) is 0 Å². The second-order valence-electron chi connectivity index (χ2n) is 3.64. The molecule has 0 aliphatic rings. The third kappa shape index (κ3) is 2.94. The van der Waals surface area contributed by atoms with Crippen LogP contribution in [0, 0.1) is 6.92 Å². The van der Waals surface area contributed by atoms with E-state index in [2.05, 4.69) is 28.9 Å². The van der Waals surface area contributed by atoms with Gasteiger partial charge in [-0.15, -0.1) is 0 Å². The number of ether oxygens (including phenoxy) is 1. The van der Waals surface area contributed by atoms with Crippen LogP contribution in [0.2, 0.25) is 0 Å². The summed E-state index contributed by atoms with van der Waals surface area (Å²) >= 11 is 0. The van der Waals surface area contributed by atoms with Crippen molar-refractivity contribution in [3.8, 4) is 0 Å². The van der Waals surface area contributed by atoms with Crippen LogP contribution in [0.1, 0.15) is 31.0 Å². The fourth-order valence-electron chi connectivity index (χ4n) is 1.41. The minimum absolute atomic E-state index is 0.435. The van der Waals surface area contributed by atoms with E-state index in [1.165, 1.54) is 12.7 Å². The summed E-state index contributed by atoms with van der Waals surface area (Å²) in [6.45, 7) is 6.15. The number of rotatable bonds is 2. The lowest BCUT2D eigenvalue weighted by Crippen LogP contribution is -2.12. The lowest BCUT2D eigenvalue weighted by molar-refractivity contribution is 0.187. The van der Waals surface area contributed by atoms with E-state index in [0.29, 0.717) is 11.7 Å². The minimum Gasteiger partial charge on any atom is -0.453 e. The quantitative estimate of drug-likeness (QED) is 0.812. The number of amides is 1. The molecule has 0 unspecified atom stereocenters. The Morgan fingerprint density at radius 1 is 1.47 bits per heavy atom. The molecule has 1 aromatic heterocycles. The average Bonchev–Trinajstić information content (AvgIpc) is 2.17. The van der Waals surface area contributed by atoms with Gasteiger partial charge in [0.05, 0.1) is 7.11 Å². The van der Waals surface area contributed by atoms with Gasteiger partial charge >= 0.3 is 6.09 Å². The van der Waals surface area contributed by atoms with E-state index in [9.17, 15) is 4.79 Å². The van der Waals surface area contributed by atoms with Crippen molar-refractivity contribution < 1.29 is 9.53 Å². The Balaban J connectivity index is 2.87. The van der Waals surface area contributed by atoms with Gasteiger partial charge in [-0.3, -0.25) is 5.32 Å². The lowest BCUT2D eigenvalue weighted by atomic mass is 10.0. The van der Waals surface area contributed by atoms with Gasteiger partial charge in [-0.1, -0.05) is 19.9 Å². The fourth-order valence-corrected chi connectivity index (χ4v) is 1.41. The number of aromatic nitrogens is 1. The Morgan fingerprint density at radius 2 is 2.13 bits per heavy atom. The molecule has 0 radical (unpaired) electrons. The van der Waals surface area contributed by atoms with E-state index in [0.717, 1.165) is 5.69 Å². The van der Waals surface area contributed by atoms with Crippen LogP contribution in [0.3, 0.4) is 0 Å². The molecule has 0 saturated carbocycles. The molecule has 0 aliphatic carbocycles. The van der Waals surface area contributed by atoms with Gasteiger partial charge in [0.1, 0.15) is 5.82 Å². The summed E-state index contributed by atoms with van der Waals surface area (Å²) in [4.78, 5) is 15.2. The van der Waals surface area contributed by atoms with Crippen LogP contribution in [0.4, 0.5) is 10.6 Å². The topological polar surface area (TPSA) is 51.2 Å². The Hall–Kier alpha value is -1.58. The van der Waals surface area contributed by atoms with Crippen LogP contribution in [0.25, 0.3) is 0 Å². The highest BCUT2D eigenvalue weighted by atomic mass is 16.5. The van der Waals surface area contributed by atoms with Crippen molar-refractivity contribution in [1.82, 2.24) is 4.98 Å². The van der Waals surface area contributed by atoms with Gasteiger partial charge in [-0.2, -0.15) is 0 Å². The van der Waals surface area contributed by atoms with E-state index >= 15 is 0 Å². The summed E-state index contributed by atoms with van der Waals surface area (Å²) in [6.07, 6.45) is -0.501. The number of hydrogen-bond donors (Lipinski definition) is 1. The third-order valence-electron chi connectivity index (χ3n) is 2.16. The molecule has 15 heavy (non-hydrogen) atoms. The molecule has 1 rings (SSSR count). The second-order valence-corrected chi connectivity index (χ2v) is 3.64. The zero-order valence-electron chi connectivity index (χ0n) is 9.50. The molecule has 1 amide bonds. The summed E-state index contributed by atoms with van der Waals surface area (Å²) in [5.74, 6) is 0.952. The lowest BCUT2D eigenvalue weighted by Gasteiger charge is -2.10. The molecular formula is C11H16N2O2. The van der Waals surface area contributed by atoms with Crippen LogP contribution in [0.5, 0.6) is 0 Å². The standard InChI is InChI=1S/C11H16N2O2/c1-7(2)9-5-6-10(12-8(9)3)13-11(14)15-4/h5-7H,1-4H3,(H,12,13,14). The SMILES string of the molecule is COC(=O)Nc1ccc(C(C)C)c(C)n1. The zero-order chi connectivity index (χ0) is 11.4. The fraction of sp³-hybridized carbons (Fsp3) is 0.455. The highest BCUT2D eigenvalue weighted by Crippen LogP contribution is 2.19. The van der Waals surface area contributed by atoms with Crippen LogP contribution < -0.4 is 5.32 Å². The van der Waals surface area contributed by atoms with Crippen LogP contribution in [-0.2, 0) is 4.74 Å². The van der Waals surface area contributed by atoms with E-state index in [1.54, 1.807) is 6.07 Å². The average molecular weight is 208 g/mol. The Morgan fingerprint density at radius 3 is 2.60 bits per heavy atom. The molecule has 82 valence electrons. The molecular weight excluding hydrogens is 192 g/mol. The van der Waals surface area contributed by atoms with Crippen molar-refractivity contribution in [1.29, 1.82) is 0 Å². The number of hydrogen-bond acceptors (Lipinski definition) is 3. The molecule has 0 aromatic carbocycles. The Bertz CT molecular complexity index is 362. The second kappa shape index (κ2) is 4.77. The van der Waals surface area contributed by atoms with Gasteiger partial charge < -0.3 is 4.74 Å². The highest BCUT2D eigenvalue weighted by Gasteiger charge is 2.07. The van der Waals surface area contributed by atoms with E-state index < -0.39 is 6.09 Å². The number of pyridine rings is 1. The summed E-state index contributed by atoms with van der Waals surface area (Å²) < 4.78 is 4.48. The van der Waals surface area contributed by atoms with Crippen molar-refractivity contribution in [2.24, 2.45) is 0 Å². The first-order chi connectivity index (χ1) is 7.04. The molecule has 4 heteroatoms. The molecule has 1 aromatic rings. The molecule has 0 saturated heterocycles. The van der Waals surface area contributed by atoms with Gasteiger partial charge in [0, 0.05) is 5.69 Å². The normalized spacial score (nSPS) is 10.2. The summed E-state index contributed by atoms with van der Waals surface area (Å²) in [5.41, 5.74) is 2.12. The van der Waals surface area contributed by atoms with Crippen LogP contribution in [-0.4, -0.2) is 18.2 Å². The first kappa shape index (κ1) is 11.5.